The molecule has 0 aliphatic carbocycles. The van der Waals surface area contributed by atoms with Gasteiger partial charge in [0.1, 0.15) is 12.4 Å². The predicted octanol–water partition coefficient (Wildman–Crippen LogP) is 2.53. The number of aryl methyl sites for hydroxylation is 2. The highest BCUT2D eigenvalue weighted by molar-refractivity contribution is 5.82. The summed E-state index contributed by atoms with van der Waals surface area (Å²) in [6, 6.07) is 6.02. The quantitative estimate of drug-likeness (QED) is 0.455. The highest BCUT2D eigenvalue weighted by atomic mass is 16.5. The molecular formula is C11H15NO2. The molecule has 0 fully saturated rings. The van der Waals surface area contributed by atoms with Gasteiger partial charge in [-0.05, 0) is 38.0 Å². The maximum atomic E-state index is 8.44. The molecule has 14 heavy (non-hydrogen) atoms. The Hall–Kier alpha value is -1.51. The van der Waals surface area contributed by atoms with Crippen molar-refractivity contribution in [3.05, 3.63) is 29.3 Å². The van der Waals surface area contributed by atoms with Crippen LogP contribution in [0.1, 0.15) is 18.1 Å². The SMILES string of the molecule is CC(COc1cc(C)ccc1C)=NO. The van der Waals surface area contributed by atoms with E-state index in [1.165, 1.54) is 0 Å². The van der Waals surface area contributed by atoms with Gasteiger partial charge in [-0.1, -0.05) is 17.3 Å². The number of hydrogen-bond donors (Lipinski definition) is 1. The van der Waals surface area contributed by atoms with Gasteiger partial charge in [-0.25, -0.2) is 0 Å². The first-order chi connectivity index (χ1) is 6.63. The highest BCUT2D eigenvalue weighted by Gasteiger charge is 2.00. The van der Waals surface area contributed by atoms with E-state index in [-0.39, 0.29) is 0 Å². The Labute approximate surface area is 84.0 Å². The van der Waals surface area contributed by atoms with Gasteiger partial charge in [0.05, 0.1) is 5.71 Å². The Morgan fingerprint density at radius 3 is 2.79 bits per heavy atom. The van der Waals surface area contributed by atoms with Gasteiger partial charge in [-0.15, -0.1) is 0 Å². The van der Waals surface area contributed by atoms with Crippen LogP contribution < -0.4 is 4.74 Å². The smallest absolute Gasteiger partial charge is 0.129 e. The molecule has 0 amide bonds. The van der Waals surface area contributed by atoms with Gasteiger partial charge in [-0.3, -0.25) is 0 Å². The molecule has 0 unspecified atom stereocenters. The Morgan fingerprint density at radius 2 is 2.14 bits per heavy atom. The summed E-state index contributed by atoms with van der Waals surface area (Å²) in [7, 11) is 0. The summed E-state index contributed by atoms with van der Waals surface area (Å²) in [6.45, 7) is 6.03. The summed E-state index contributed by atoms with van der Waals surface area (Å²) < 4.78 is 5.48. The summed E-state index contributed by atoms with van der Waals surface area (Å²) in [5.41, 5.74) is 2.80. The van der Waals surface area contributed by atoms with E-state index in [0.29, 0.717) is 12.3 Å². The van der Waals surface area contributed by atoms with Crippen molar-refractivity contribution in [2.24, 2.45) is 5.16 Å². The highest BCUT2D eigenvalue weighted by Crippen LogP contribution is 2.18. The van der Waals surface area contributed by atoms with Gasteiger partial charge >= 0.3 is 0 Å². The number of ether oxygens (including phenoxy) is 1. The lowest BCUT2D eigenvalue weighted by Crippen LogP contribution is -2.08. The van der Waals surface area contributed by atoms with Gasteiger partial charge in [0.2, 0.25) is 0 Å². The molecule has 0 heterocycles. The second-order valence-electron chi connectivity index (χ2n) is 3.39. The Bertz CT molecular complexity index is 345. The number of benzene rings is 1. The van der Waals surface area contributed by atoms with Crippen LogP contribution >= 0.6 is 0 Å². The molecule has 0 radical (unpaired) electrons. The van der Waals surface area contributed by atoms with E-state index in [9.17, 15) is 0 Å². The molecule has 0 aromatic heterocycles. The molecule has 0 aliphatic heterocycles. The van der Waals surface area contributed by atoms with Gasteiger partial charge in [0, 0.05) is 0 Å². The number of rotatable bonds is 3. The van der Waals surface area contributed by atoms with Crippen LogP contribution in [-0.2, 0) is 0 Å². The fourth-order valence-electron chi connectivity index (χ4n) is 1.07. The molecule has 0 bridgehead atoms. The first kappa shape index (κ1) is 10.6. The van der Waals surface area contributed by atoms with Crippen molar-refractivity contribution in [3.8, 4) is 5.75 Å². The van der Waals surface area contributed by atoms with Crippen molar-refractivity contribution in [3.63, 3.8) is 0 Å². The standard InChI is InChI=1S/C11H15NO2/c1-8-4-5-9(2)11(6-8)14-7-10(3)12-13/h4-6,13H,7H2,1-3H3. The van der Waals surface area contributed by atoms with E-state index < -0.39 is 0 Å². The van der Waals surface area contributed by atoms with Crippen LogP contribution in [0.25, 0.3) is 0 Å². The molecule has 3 heteroatoms. The zero-order valence-corrected chi connectivity index (χ0v) is 8.74. The molecule has 0 saturated carbocycles. The van der Waals surface area contributed by atoms with Crippen molar-refractivity contribution in [1.82, 2.24) is 0 Å². The summed E-state index contributed by atoms with van der Waals surface area (Å²) in [4.78, 5) is 0. The molecule has 0 spiro atoms. The van der Waals surface area contributed by atoms with Crippen molar-refractivity contribution in [2.45, 2.75) is 20.8 Å². The fraction of sp³-hybridized carbons (Fsp3) is 0.364. The molecule has 0 atom stereocenters. The zero-order valence-electron chi connectivity index (χ0n) is 8.74. The fourth-order valence-corrected chi connectivity index (χ4v) is 1.07. The van der Waals surface area contributed by atoms with Crippen molar-refractivity contribution >= 4 is 5.71 Å². The second kappa shape index (κ2) is 4.65. The normalized spacial score (nSPS) is 11.5. The average molecular weight is 193 g/mol. The molecule has 0 saturated heterocycles. The molecule has 76 valence electrons. The minimum atomic E-state index is 0.320. The van der Waals surface area contributed by atoms with Crippen molar-refractivity contribution < 1.29 is 9.94 Å². The van der Waals surface area contributed by atoms with E-state index in [2.05, 4.69) is 5.16 Å². The predicted molar refractivity (Wildman–Crippen MR) is 56.3 cm³/mol. The molecule has 0 aliphatic rings. The van der Waals surface area contributed by atoms with Crippen LogP contribution in [0.15, 0.2) is 23.4 Å². The molecule has 1 rings (SSSR count). The Kier molecular flexibility index (Phi) is 3.51. The lowest BCUT2D eigenvalue weighted by Gasteiger charge is -2.08. The van der Waals surface area contributed by atoms with E-state index in [0.717, 1.165) is 16.9 Å². The van der Waals surface area contributed by atoms with Crippen LogP contribution in [0.3, 0.4) is 0 Å². The molecule has 1 aromatic rings. The first-order valence-corrected chi connectivity index (χ1v) is 4.51. The molecular weight excluding hydrogens is 178 g/mol. The van der Waals surface area contributed by atoms with Crippen molar-refractivity contribution in [1.29, 1.82) is 0 Å². The summed E-state index contributed by atoms with van der Waals surface area (Å²) in [6.07, 6.45) is 0. The molecule has 1 aromatic carbocycles. The molecule has 3 nitrogen and oxygen atoms in total. The van der Waals surface area contributed by atoms with Crippen LogP contribution in [0.5, 0.6) is 5.75 Å². The third-order valence-corrected chi connectivity index (χ3v) is 1.95. The monoisotopic (exact) mass is 193 g/mol. The number of nitrogens with zero attached hydrogens (tertiary/aromatic N) is 1. The Balaban J connectivity index is 2.71. The second-order valence-corrected chi connectivity index (χ2v) is 3.39. The van der Waals surface area contributed by atoms with Gasteiger partial charge in [0.15, 0.2) is 0 Å². The van der Waals surface area contributed by atoms with E-state index in [4.69, 9.17) is 9.94 Å². The van der Waals surface area contributed by atoms with E-state index in [1.807, 2.05) is 32.0 Å². The van der Waals surface area contributed by atoms with Crippen LogP contribution in [0.2, 0.25) is 0 Å². The lowest BCUT2D eigenvalue weighted by molar-refractivity contribution is 0.306. The summed E-state index contributed by atoms with van der Waals surface area (Å²) in [5, 5.41) is 11.5. The maximum absolute atomic E-state index is 8.44. The summed E-state index contributed by atoms with van der Waals surface area (Å²) in [5.74, 6) is 0.841. The molecule has 1 N–H and O–H groups in total. The summed E-state index contributed by atoms with van der Waals surface area (Å²) >= 11 is 0. The van der Waals surface area contributed by atoms with Crippen LogP contribution in [0.4, 0.5) is 0 Å². The number of oxime groups is 1. The van der Waals surface area contributed by atoms with E-state index in [1.54, 1.807) is 6.92 Å². The largest absolute Gasteiger partial charge is 0.487 e. The maximum Gasteiger partial charge on any atom is 0.129 e. The minimum absolute atomic E-state index is 0.320. The van der Waals surface area contributed by atoms with Crippen LogP contribution in [0, 0.1) is 13.8 Å². The van der Waals surface area contributed by atoms with E-state index >= 15 is 0 Å². The minimum Gasteiger partial charge on any atom is -0.487 e. The third-order valence-electron chi connectivity index (χ3n) is 1.95. The topological polar surface area (TPSA) is 41.8 Å². The number of hydrogen-bond acceptors (Lipinski definition) is 3. The lowest BCUT2D eigenvalue weighted by atomic mass is 10.1. The van der Waals surface area contributed by atoms with Gasteiger partial charge < -0.3 is 9.94 Å². The van der Waals surface area contributed by atoms with Crippen LogP contribution in [-0.4, -0.2) is 17.5 Å². The van der Waals surface area contributed by atoms with Gasteiger partial charge in [0.25, 0.3) is 0 Å². The third kappa shape index (κ3) is 2.76. The Morgan fingerprint density at radius 1 is 1.43 bits per heavy atom. The van der Waals surface area contributed by atoms with Crippen molar-refractivity contribution in [2.75, 3.05) is 6.61 Å². The first-order valence-electron chi connectivity index (χ1n) is 4.51. The zero-order chi connectivity index (χ0) is 10.6. The average Bonchev–Trinajstić information content (AvgIpc) is 2.19. The van der Waals surface area contributed by atoms with Gasteiger partial charge in [-0.2, -0.15) is 0 Å².